The highest BCUT2D eigenvalue weighted by molar-refractivity contribution is 5.98. The van der Waals surface area contributed by atoms with E-state index in [4.69, 9.17) is 19.6 Å². The minimum atomic E-state index is -0.689. The molecule has 0 fully saturated rings. The lowest BCUT2D eigenvalue weighted by molar-refractivity contribution is 0.0600. The van der Waals surface area contributed by atoms with Gasteiger partial charge in [0.2, 0.25) is 5.55 Å². The summed E-state index contributed by atoms with van der Waals surface area (Å²) in [6, 6.07) is 13.2. The van der Waals surface area contributed by atoms with Crippen molar-refractivity contribution in [2.24, 2.45) is 10.7 Å². The summed E-state index contributed by atoms with van der Waals surface area (Å²) < 4.78 is 15.5. The fraction of sp³-hybridized carbons (Fsp3) is 0.105. The van der Waals surface area contributed by atoms with Crippen molar-refractivity contribution >= 4 is 28.5 Å². The molecular weight excluding hydrogens is 336 g/mol. The first-order chi connectivity index (χ1) is 12.5. The van der Waals surface area contributed by atoms with Gasteiger partial charge in [-0.15, -0.1) is 0 Å². The zero-order valence-electron chi connectivity index (χ0n) is 14.2. The molecule has 7 heteroatoms. The highest BCUT2D eigenvalue weighted by atomic mass is 16.5. The number of carbonyl (C=O) groups excluding carboxylic acids is 2. The van der Waals surface area contributed by atoms with Gasteiger partial charge in [0.15, 0.2) is 0 Å². The number of ether oxygens (including phenoxy) is 2. The molecule has 0 atom stereocenters. The number of nitrogens with zero attached hydrogens (tertiary/aromatic N) is 1. The third kappa shape index (κ3) is 3.41. The molecule has 0 saturated carbocycles. The molecule has 2 N–H and O–H groups in total. The van der Waals surface area contributed by atoms with E-state index in [0.717, 1.165) is 0 Å². The molecule has 132 valence electrons. The van der Waals surface area contributed by atoms with Crippen LogP contribution in [0.3, 0.4) is 0 Å². The summed E-state index contributed by atoms with van der Waals surface area (Å²) in [5.41, 5.74) is 7.01. The van der Waals surface area contributed by atoms with Crippen LogP contribution in [0.1, 0.15) is 20.7 Å². The van der Waals surface area contributed by atoms with Crippen LogP contribution in [0.4, 0.5) is 5.69 Å². The Bertz CT molecular complexity index is 1050. The topological polar surface area (TPSA) is 104 Å². The first kappa shape index (κ1) is 17.2. The van der Waals surface area contributed by atoms with Gasteiger partial charge in [-0.05, 0) is 48.5 Å². The van der Waals surface area contributed by atoms with Crippen molar-refractivity contribution in [3.63, 3.8) is 0 Å². The summed E-state index contributed by atoms with van der Waals surface area (Å²) in [4.78, 5) is 27.8. The Morgan fingerprint density at radius 1 is 1.04 bits per heavy atom. The molecule has 1 amide bonds. The van der Waals surface area contributed by atoms with Crippen molar-refractivity contribution in [3.05, 3.63) is 65.2 Å². The van der Waals surface area contributed by atoms with Crippen LogP contribution in [0.15, 0.2) is 57.9 Å². The second-order valence-corrected chi connectivity index (χ2v) is 5.38. The smallest absolute Gasteiger partial charge is 0.337 e. The fourth-order valence-electron chi connectivity index (χ4n) is 2.41. The van der Waals surface area contributed by atoms with Crippen LogP contribution < -0.4 is 16.0 Å². The Balaban J connectivity index is 2.17. The van der Waals surface area contributed by atoms with E-state index in [1.165, 1.54) is 13.2 Å². The summed E-state index contributed by atoms with van der Waals surface area (Å²) in [6.07, 6.45) is 0. The van der Waals surface area contributed by atoms with Gasteiger partial charge in [-0.1, -0.05) is 0 Å². The van der Waals surface area contributed by atoms with Crippen LogP contribution in [0.25, 0.3) is 11.0 Å². The van der Waals surface area contributed by atoms with E-state index in [1.807, 2.05) is 0 Å². The maximum absolute atomic E-state index is 11.8. The molecule has 2 aromatic carbocycles. The molecule has 26 heavy (non-hydrogen) atoms. The number of hydrogen-bond donors (Lipinski definition) is 1. The molecular formula is C19H16N2O5. The van der Waals surface area contributed by atoms with E-state index < -0.39 is 11.9 Å². The average molecular weight is 352 g/mol. The molecule has 3 aromatic rings. The van der Waals surface area contributed by atoms with Gasteiger partial charge in [-0.2, -0.15) is 0 Å². The molecule has 0 aliphatic carbocycles. The summed E-state index contributed by atoms with van der Waals surface area (Å²) in [7, 11) is 2.86. The van der Waals surface area contributed by atoms with Crippen molar-refractivity contribution in [2.45, 2.75) is 0 Å². The van der Waals surface area contributed by atoms with Gasteiger partial charge < -0.3 is 19.6 Å². The Morgan fingerprint density at radius 3 is 2.38 bits per heavy atom. The molecule has 0 unspecified atom stereocenters. The van der Waals surface area contributed by atoms with Crippen LogP contribution in [-0.4, -0.2) is 26.1 Å². The van der Waals surface area contributed by atoms with Gasteiger partial charge in [-0.25, -0.2) is 9.79 Å². The molecule has 0 radical (unpaired) electrons. The van der Waals surface area contributed by atoms with Crippen molar-refractivity contribution in [1.82, 2.24) is 0 Å². The second kappa shape index (κ2) is 7.10. The normalized spacial score (nSPS) is 11.4. The fourth-order valence-corrected chi connectivity index (χ4v) is 2.41. The summed E-state index contributed by atoms with van der Waals surface area (Å²) in [5.74, 6) is -0.490. The molecule has 7 nitrogen and oxygen atoms in total. The quantitative estimate of drug-likeness (QED) is 0.727. The number of amides is 1. The predicted octanol–water partition coefficient (Wildman–Crippen LogP) is 2.56. The Kier molecular flexibility index (Phi) is 4.70. The molecule has 0 bridgehead atoms. The van der Waals surface area contributed by atoms with E-state index in [9.17, 15) is 9.59 Å². The lowest BCUT2D eigenvalue weighted by atomic mass is 10.1. The molecule has 0 aliphatic rings. The molecule has 1 heterocycles. The molecule has 1 aromatic heterocycles. The van der Waals surface area contributed by atoms with Gasteiger partial charge in [0, 0.05) is 5.39 Å². The number of esters is 1. The van der Waals surface area contributed by atoms with Crippen molar-refractivity contribution in [3.8, 4) is 5.75 Å². The van der Waals surface area contributed by atoms with Gasteiger partial charge in [0.1, 0.15) is 16.9 Å². The number of hydrogen-bond acceptors (Lipinski definition) is 6. The van der Waals surface area contributed by atoms with Crippen LogP contribution >= 0.6 is 0 Å². The van der Waals surface area contributed by atoms with E-state index in [2.05, 4.69) is 4.99 Å². The maximum Gasteiger partial charge on any atom is 0.337 e. The lowest BCUT2D eigenvalue weighted by Gasteiger charge is -2.04. The highest BCUT2D eigenvalue weighted by Crippen LogP contribution is 2.19. The number of methoxy groups -OCH3 is 2. The Hall–Kier alpha value is -3.61. The minimum absolute atomic E-state index is 0.0842. The van der Waals surface area contributed by atoms with Crippen molar-refractivity contribution < 1.29 is 23.5 Å². The van der Waals surface area contributed by atoms with E-state index in [1.54, 1.807) is 49.6 Å². The first-order valence-corrected chi connectivity index (χ1v) is 7.66. The number of carbonyl (C=O) groups is 2. The highest BCUT2D eigenvalue weighted by Gasteiger charge is 2.12. The van der Waals surface area contributed by atoms with Crippen LogP contribution in [-0.2, 0) is 4.74 Å². The minimum Gasteiger partial charge on any atom is -0.497 e. The van der Waals surface area contributed by atoms with Crippen LogP contribution in [0, 0.1) is 0 Å². The second-order valence-electron chi connectivity index (χ2n) is 5.38. The lowest BCUT2D eigenvalue weighted by Crippen LogP contribution is -2.21. The predicted molar refractivity (Wildman–Crippen MR) is 94.3 cm³/mol. The first-order valence-electron chi connectivity index (χ1n) is 7.66. The van der Waals surface area contributed by atoms with E-state index in [0.29, 0.717) is 28.0 Å². The molecule has 0 saturated heterocycles. The number of rotatable bonds is 4. The summed E-state index contributed by atoms with van der Waals surface area (Å²) in [6.45, 7) is 0. The third-order valence-electron chi connectivity index (χ3n) is 3.74. The van der Waals surface area contributed by atoms with Crippen LogP contribution in [0.2, 0.25) is 0 Å². The summed E-state index contributed by atoms with van der Waals surface area (Å²) >= 11 is 0. The molecule has 0 aliphatic heterocycles. The van der Waals surface area contributed by atoms with Gasteiger partial charge >= 0.3 is 5.97 Å². The van der Waals surface area contributed by atoms with Crippen LogP contribution in [0.5, 0.6) is 5.75 Å². The molecule has 0 spiro atoms. The number of benzene rings is 2. The number of primary amides is 1. The zero-order valence-corrected chi connectivity index (χ0v) is 14.2. The monoisotopic (exact) mass is 352 g/mol. The van der Waals surface area contributed by atoms with Gasteiger partial charge in [-0.3, -0.25) is 4.79 Å². The number of nitrogens with two attached hydrogens (primary N) is 1. The van der Waals surface area contributed by atoms with Crippen molar-refractivity contribution in [1.29, 1.82) is 0 Å². The van der Waals surface area contributed by atoms with Crippen molar-refractivity contribution in [2.75, 3.05) is 14.2 Å². The van der Waals surface area contributed by atoms with Gasteiger partial charge in [0.05, 0.1) is 25.5 Å². The van der Waals surface area contributed by atoms with E-state index >= 15 is 0 Å². The average Bonchev–Trinajstić information content (AvgIpc) is 2.66. The third-order valence-corrected chi connectivity index (χ3v) is 3.74. The standard InChI is InChI=1S/C19H16N2O5/c1-24-14-6-4-13(5-7-14)21-18-15(17(20)22)10-12-9-11(19(23)25-2)3-8-16(12)26-18/h3-10H,1-2H3,(H2,20,22). The van der Waals surface area contributed by atoms with E-state index in [-0.39, 0.29) is 11.1 Å². The Labute approximate surface area is 148 Å². The Morgan fingerprint density at radius 2 is 1.77 bits per heavy atom. The van der Waals surface area contributed by atoms with Gasteiger partial charge in [0.25, 0.3) is 5.91 Å². The largest absolute Gasteiger partial charge is 0.497 e. The molecule has 3 rings (SSSR count). The zero-order chi connectivity index (χ0) is 18.7. The SMILES string of the molecule is COC(=O)c1ccc2oc(=Nc3ccc(OC)cc3)c(C(N)=O)cc2c1. The maximum atomic E-state index is 11.8. The number of fused-ring (bicyclic) bond motifs is 1. The summed E-state index contributed by atoms with van der Waals surface area (Å²) in [5, 5.41) is 0.537.